The zero-order chi connectivity index (χ0) is 49.9. The third kappa shape index (κ3) is 8.07. The summed E-state index contributed by atoms with van der Waals surface area (Å²) < 4.78 is 80.3. The quantitative estimate of drug-likeness (QED) is 0.142. The van der Waals surface area contributed by atoms with Crippen molar-refractivity contribution >= 4 is 22.1 Å². The molecule has 8 aromatic rings. The van der Waals surface area contributed by atoms with Crippen LogP contribution in [0.4, 0.5) is 26.3 Å². The summed E-state index contributed by atoms with van der Waals surface area (Å²) in [6, 6.07) is 10.4. The van der Waals surface area contributed by atoms with Crippen molar-refractivity contribution in [1.29, 1.82) is 10.5 Å². The molecule has 6 atom stereocenters. The lowest BCUT2D eigenvalue weighted by atomic mass is 9.60. The van der Waals surface area contributed by atoms with E-state index in [1.54, 1.807) is 50.8 Å². The Labute approximate surface area is 391 Å². The highest BCUT2D eigenvalue weighted by Crippen LogP contribution is 2.53. The fourth-order valence-electron chi connectivity index (χ4n) is 9.07. The molecule has 24 heteroatoms. The van der Waals surface area contributed by atoms with Crippen molar-refractivity contribution in [3.05, 3.63) is 151 Å². The number of nitriles is 2. The molecule has 0 amide bonds. The smallest absolute Gasteiger partial charge is 0.309 e. The van der Waals surface area contributed by atoms with Crippen LogP contribution < -0.4 is 11.1 Å². The summed E-state index contributed by atoms with van der Waals surface area (Å²) in [5.41, 5.74) is -3.18. The second-order valence-corrected chi connectivity index (χ2v) is 17.6. The predicted molar refractivity (Wildman–Crippen MR) is 235 cm³/mol. The zero-order valence-electron chi connectivity index (χ0n) is 37.4. The fraction of sp³-hybridized carbons (Fsp3) is 0.348. The number of hydrogen-bond donors (Lipinski definition) is 2. The molecule has 2 aliphatic carbocycles. The molecule has 0 bridgehead atoms. The van der Waals surface area contributed by atoms with Gasteiger partial charge >= 0.3 is 12.4 Å². The maximum atomic E-state index is 13.1. The first kappa shape index (κ1) is 46.8. The molecule has 8 aromatic heterocycles. The maximum Gasteiger partial charge on any atom is 0.433 e. The van der Waals surface area contributed by atoms with Crippen LogP contribution in [0.15, 0.2) is 83.2 Å². The lowest BCUT2D eigenvalue weighted by molar-refractivity contribution is -0.142. The minimum absolute atomic E-state index is 0.0263. The van der Waals surface area contributed by atoms with Gasteiger partial charge in [0.2, 0.25) is 0 Å². The molecule has 6 unspecified atom stereocenters. The van der Waals surface area contributed by atoms with Gasteiger partial charge in [-0.15, -0.1) is 0 Å². The second kappa shape index (κ2) is 17.4. The summed E-state index contributed by atoms with van der Waals surface area (Å²) >= 11 is 0. The third-order valence-corrected chi connectivity index (χ3v) is 13.5. The topological polar surface area (TPSA) is 252 Å². The van der Waals surface area contributed by atoms with Crippen molar-refractivity contribution < 1.29 is 26.3 Å². The summed E-state index contributed by atoms with van der Waals surface area (Å²) in [4.78, 5) is 65.6. The van der Waals surface area contributed by atoms with Gasteiger partial charge in [0.15, 0.2) is 22.7 Å². The zero-order valence-corrected chi connectivity index (χ0v) is 37.4. The van der Waals surface area contributed by atoms with Gasteiger partial charge < -0.3 is 9.97 Å². The monoisotopic (exact) mass is 960 g/mol. The number of H-pyrrole nitrogens is 2. The highest BCUT2D eigenvalue weighted by molar-refractivity contribution is 5.81. The molecule has 8 heterocycles. The van der Waals surface area contributed by atoms with Gasteiger partial charge in [0.1, 0.15) is 57.6 Å². The number of rotatable bonds is 8. The summed E-state index contributed by atoms with van der Waals surface area (Å²) in [6.07, 6.45) is 2.85. The maximum absolute atomic E-state index is 13.1. The number of aromatic nitrogens is 14. The molecule has 2 N–H and O–H groups in total. The third-order valence-electron chi connectivity index (χ3n) is 13.5. The van der Waals surface area contributed by atoms with Crippen LogP contribution in [-0.4, -0.2) is 69.4 Å². The molecular weight excluding hydrogens is 923 g/mol. The molecule has 2 saturated carbocycles. The van der Waals surface area contributed by atoms with Gasteiger partial charge in [-0.3, -0.25) is 19.6 Å². The summed E-state index contributed by atoms with van der Waals surface area (Å²) in [5.74, 6) is 2.02. The Morgan fingerprint density at radius 1 is 0.629 bits per heavy atom. The van der Waals surface area contributed by atoms with Crippen LogP contribution >= 0.6 is 0 Å². The normalized spacial score (nSPS) is 20.9. The summed E-state index contributed by atoms with van der Waals surface area (Å²) in [7, 11) is 0. The van der Waals surface area contributed by atoms with Crippen molar-refractivity contribution in [2.45, 2.75) is 100 Å². The number of nitrogens with one attached hydrogen (secondary N) is 2. The van der Waals surface area contributed by atoms with Crippen LogP contribution in [0.25, 0.3) is 22.1 Å². The fourth-order valence-corrected chi connectivity index (χ4v) is 9.07. The molecule has 0 radical (unpaired) electrons. The Kier molecular flexibility index (Phi) is 11.6. The molecule has 0 aromatic carbocycles. The molecule has 2 fully saturated rings. The van der Waals surface area contributed by atoms with Gasteiger partial charge in [-0.2, -0.15) is 47.1 Å². The lowest BCUT2D eigenvalue weighted by Crippen LogP contribution is -2.43. The van der Waals surface area contributed by atoms with E-state index in [0.29, 0.717) is 34.4 Å². The van der Waals surface area contributed by atoms with E-state index in [9.17, 15) is 46.5 Å². The summed E-state index contributed by atoms with van der Waals surface area (Å²) in [5, 5.41) is 27.7. The summed E-state index contributed by atoms with van der Waals surface area (Å²) in [6.45, 7) is 7.31. The van der Waals surface area contributed by atoms with E-state index in [1.807, 2.05) is 26.0 Å². The Morgan fingerprint density at radius 2 is 1.00 bits per heavy atom. The molecule has 10 rings (SSSR count). The minimum atomic E-state index is -4.56. The van der Waals surface area contributed by atoms with E-state index >= 15 is 0 Å². The first-order valence-corrected chi connectivity index (χ1v) is 21.7. The number of alkyl halides is 6. The first-order chi connectivity index (χ1) is 33.3. The Hall–Kier alpha value is -8.28. The Bertz CT molecular complexity index is 3240. The highest BCUT2D eigenvalue weighted by Gasteiger charge is 2.50. The number of pyridine rings is 2. The van der Waals surface area contributed by atoms with Crippen LogP contribution in [0, 0.1) is 22.7 Å². The number of halogens is 6. The number of nitrogens with zero attached hydrogens (tertiary/aromatic N) is 14. The predicted octanol–water partition coefficient (Wildman–Crippen LogP) is 7.28. The molecule has 356 valence electrons. The molecule has 0 aliphatic heterocycles. The van der Waals surface area contributed by atoms with Crippen molar-refractivity contribution in [3.8, 4) is 12.1 Å². The number of hydrogen-bond acceptors (Lipinski definition) is 14. The highest BCUT2D eigenvalue weighted by atomic mass is 19.4. The first-order valence-electron chi connectivity index (χ1n) is 21.7. The van der Waals surface area contributed by atoms with E-state index in [1.165, 1.54) is 21.5 Å². The molecular formula is C46H38F6N16O2. The standard InChI is InChI=1S/2C23H19F3N8O/c2*1-12(13-4-5-16(30-11-13)23(24,25)26)34-19-17(15(10-27)33-34)20(35)32-21(31-19)22(2)7-6-14(22)18-28-8-3-9-29-18/h2*3-5,8-9,11-12,14H,6-7H2,1-2H3,(H,31,32,35). The molecule has 18 nitrogen and oxygen atoms in total. The van der Waals surface area contributed by atoms with Gasteiger partial charge in [0, 0.05) is 59.8 Å². The molecule has 0 spiro atoms. The van der Waals surface area contributed by atoms with Gasteiger partial charge in [-0.1, -0.05) is 26.0 Å². The molecule has 70 heavy (non-hydrogen) atoms. The van der Waals surface area contributed by atoms with Crippen LogP contribution in [0.2, 0.25) is 0 Å². The van der Waals surface area contributed by atoms with Gasteiger partial charge in [0.25, 0.3) is 11.1 Å². The second-order valence-electron chi connectivity index (χ2n) is 17.6. The lowest BCUT2D eigenvalue weighted by Gasteiger charge is -2.45. The average molecular weight is 961 g/mol. The van der Waals surface area contributed by atoms with Gasteiger partial charge in [-0.25, -0.2) is 39.3 Å². The minimum Gasteiger partial charge on any atom is -0.309 e. The van der Waals surface area contributed by atoms with E-state index in [0.717, 1.165) is 50.2 Å². The van der Waals surface area contributed by atoms with Gasteiger partial charge in [0.05, 0.1) is 12.1 Å². The number of fused-ring (bicyclic) bond motifs is 2. The number of aromatic amines is 2. The van der Waals surface area contributed by atoms with Crippen LogP contribution in [-0.2, 0) is 23.2 Å². The van der Waals surface area contributed by atoms with E-state index in [-0.39, 0.29) is 45.3 Å². The van der Waals surface area contributed by atoms with Crippen molar-refractivity contribution in [2.24, 2.45) is 0 Å². The van der Waals surface area contributed by atoms with E-state index in [4.69, 9.17) is 9.97 Å². The van der Waals surface area contributed by atoms with Crippen molar-refractivity contribution in [3.63, 3.8) is 0 Å². The Balaban J connectivity index is 0.000000174. The van der Waals surface area contributed by atoms with Crippen molar-refractivity contribution in [2.75, 3.05) is 0 Å². The SMILES string of the molecule is CC(c1ccc(C(F)(F)F)nc1)n1nc(C#N)c2c(=O)[nH]c(C3(C)CCC3c3ncccn3)nc21.CC(c1ccc(C(F)(F)F)nc1)n1nc(C#N)c2c(=O)[nH]c(C3(C)CCC3c3ncccn3)nc21. The van der Waals surface area contributed by atoms with Crippen LogP contribution in [0.5, 0.6) is 0 Å². The van der Waals surface area contributed by atoms with Crippen LogP contribution in [0.1, 0.15) is 134 Å². The van der Waals surface area contributed by atoms with Crippen molar-refractivity contribution in [1.82, 2.24) is 69.4 Å². The average Bonchev–Trinajstić information content (AvgIpc) is 3.92. The van der Waals surface area contributed by atoms with E-state index in [2.05, 4.69) is 50.1 Å². The van der Waals surface area contributed by atoms with Crippen LogP contribution in [0.3, 0.4) is 0 Å². The largest absolute Gasteiger partial charge is 0.433 e. The van der Waals surface area contributed by atoms with Gasteiger partial charge in [-0.05, 0) is 74.9 Å². The molecule has 0 saturated heterocycles. The Morgan fingerprint density at radius 3 is 1.29 bits per heavy atom. The molecule has 2 aliphatic rings. The van der Waals surface area contributed by atoms with E-state index < -0.39 is 57.8 Å².